The molecule has 0 bridgehead atoms. The van der Waals surface area contributed by atoms with Gasteiger partial charge >= 0.3 is 0 Å². The monoisotopic (exact) mass is 238 g/mol. The molecule has 0 radical (unpaired) electrons. The second kappa shape index (κ2) is 5.46. The first-order valence-electron chi connectivity index (χ1n) is 5.76. The van der Waals surface area contributed by atoms with E-state index in [9.17, 15) is 4.79 Å². The molecule has 1 aromatic rings. The van der Waals surface area contributed by atoms with Crippen molar-refractivity contribution in [1.82, 2.24) is 10.2 Å². The summed E-state index contributed by atoms with van der Waals surface area (Å²) in [6, 6.07) is 1.89. The standard InChI is InChI=1S/C12H18N2OS/c1-14(8-10-3-2-5-13-7-10)12(15)11-4-6-16-9-11/h4,6,9-10,13H,2-3,5,7-8H2,1H3/t10-/m1/s1. The Hall–Kier alpha value is -0.870. The minimum Gasteiger partial charge on any atom is -0.341 e. The molecular formula is C12H18N2OS. The first-order chi connectivity index (χ1) is 7.77. The molecule has 0 aromatic carbocycles. The molecule has 0 aliphatic carbocycles. The van der Waals surface area contributed by atoms with E-state index in [1.54, 1.807) is 11.3 Å². The average Bonchev–Trinajstić information content (AvgIpc) is 2.83. The SMILES string of the molecule is CN(C[C@@H]1CCCNC1)C(=O)c1ccsc1. The van der Waals surface area contributed by atoms with Crippen LogP contribution in [0.15, 0.2) is 16.8 Å². The Balaban J connectivity index is 1.87. The molecule has 0 unspecified atom stereocenters. The highest BCUT2D eigenvalue weighted by atomic mass is 32.1. The normalized spacial score (nSPS) is 20.7. The summed E-state index contributed by atoms with van der Waals surface area (Å²) in [7, 11) is 1.90. The number of carbonyl (C=O) groups is 1. The Morgan fingerprint density at radius 1 is 1.69 bits per heavy atom. The van der Waals surface area contributed by atoms with Crippen LogP contribution in [0.5, 0.6) is 0 Å². The molecule has 1 fully saturated rings. The molecule has 1 amide bonds. The maximum atomic E-state index is 12.0. The van der Waals surface area contributed by atoms with Crippen LogP contribution in [0.3, 0.4) is 0 Å². The number of carbonyl (C=O) groups excluding carboxylic acids is 1. The number of rotatable bonds is 3. The molecule has 1 saturated heterocycles. The van der Waals surface area contributed by atoms with E-state index in [2.05, 4.69) is 5.32 Å². The van der Waals surface area contributed by atoms with E-state index >= 15 is 0 Å². The van der Waals surface area contributed by atoms with Gasteiger partial charge in [0.1, 0.15) is 0 Å². The van der Waals surface area contributed by atoms with Gasteiger partial charge in [-0.25, -0.2) is 0 Å². The fourth-order valence-corrected chi connectivity index (χ4v) is 2.79. The minimum atomic E-state index is 0.145. The summed E-state index contributed by atoms with van der Waals surface area (Å²) in [5, 5.41) is 7.24. The van der Waals surface area contributed by atoms with Gasteiger partial charge in [0.2, 0.25) is 0 Å². The van der Waals surface area contributed by atoms with Gasteiger partial charge in [0, 0.05) is 19.0 Å². The number of nitrogens with zero attached hydrogens (tertiary/aromatic N) is 1. The molecule has 1 atom stereocenters. The molecule has 0 saturated carbocycles. The van der Waals surface area contributed by atoms with Crippen LogP contribution in [0.1, 0.15) is 23.2 Å². The maximum absolute atomic E-state index is 12.0. The summed E-state index contributed by atoms with van der Waals surface area (Å²) in [6.07, 6.45) is 2.46. The van der Waals surface area contributed by atoms with Crippen LogP contribution < -0.4 is 5.32 Å². The van der Waals surface area contributed by atoms with E-state index in [0.717, 1.165) is 25.2 Å². The Bertz CT molecular complexity index is 331. The van der Waals surface area contributed by atoms with Crippen LogP contribution in [0, 0.1) is 5.92 Å². The van der Waals surface area contributed by atoms with Crippen LogP contribution >= 0.6 is 11.3 Å². The number of piperidine rings is 1. The van der Waals surface area contributed by atoms with E-state index < -0.39 is 0 Å². The quantitative estimate of drug-likeness (QED) is 0.871. The highest BCUT2D eigenvalue weighted by molar-refractivity contribution is 7.08. The number of nitrogens with one attached hydrogen (secondary N) is 1. The molecular weight excluding hydrogens is 220 g/mol. The van der Waals surface area contributed by atoms with Crippen molar-refractivity contribution in [1.29, 1.82) is 0 Å². The predicted octanol–water partition coefficient (Wildman–Crippen LogP) is 1.82. The minimum absolute atomic E-state index is 0.145. The summed E-state index contributed by atoms with van der Waals surface area (Å²) >= 11 is 1.57. The van der Waals surface area contributed by atoms with Crippen LogP contribution in [-0.4, -0.2) is 37.5 Å². The van der Waals surface area contributed by atoms with E-state index in [-0.39, 0.29) is 5.91 Å². The number of hydrogen-bond donors (Lipinski definition) is 1. The van der Waals surface area contributed by atoms with Crippen molar-refractivity contribution in [2.45, 2.75) is 12.8 Å². The fourth-order valence-electron chi connectivity index (χ4n) is 2.16. The van der Waals surface area contributed by atoms with Crippen molar-refractivity contribution in [2.75, 3.05) is 26.7 Å². The lowest BCUT2D eigenvalue weighted by atomic mass is 9.99. The topological polar surface area (TPSA) is 32.3 Å². The molecule has 2 heterocycles. The van der Waals surface area contributed by atoms with Crippen molar-refractivity contribution in [3.05, 3.63) is 22.4 Å². The second-order valence-corrected chi connectivity index (χ2v) is 5.19. The van der Waals surface area contributed by atoms with Gasteiger partial charge < -0.3 is 10.2 Å². The third kappa shape index (κ3) is 2.83. The van der Waals surface area contributed by atoms with Gasteiger partial charge in [0.15, 0.2) is 0 Å². The average molecular weight is 238 g/mol. The molecule has 1 aromatic heterocycles. The van der Waals surface area contributed by atoms with Crippen molar-refractivity contribution in [3.8, 4) is 0 Å². The lowest BCUT2D eigenvalue weighted by molar-refractivity contribution is 0.0765. The van der Waals surface area contributed by atoms with Crippen molar-refractivity contribution in [2.24, 2.45) is 5.92 Å². The van der Waals surface area contributed by atoms with Gasteiger partial charge in [0.05, 0.1) is 5.56 Å². The molecule has 3 nitrogen and oxygen atoms in total. The van der Waals surface area contributed by atoms with Gasteiger partial charge in [-0.1, -0.05) is 0 Å². The van der Waals surface area contributed by atoms with Gasteiger partial charge in [-0.3, -0.25) is 4.79 Å². The summed E-state index contributed by atoms with van der Waals surface area (Å²) in [5.41, 5.74) is 0.816. The Labute approximate surface area is 100 Å². The van der Waals surface area contributed by atoms with E-state index in [4.69, 9.17) is 0 Å². The van der Waals surface area contributed by atoms with Crippen molar-refractivity contribution >= 4 is 17.2 Å². The molecule has 0 spiro atoms. The Kier molecular flexibility index (Phi) is 3.96. The molecule has 1 aliphatic rings. The highest BCUT2D eigenvalue weighted by Gasteiger charge is 2.18. The molecule has 1 aliphatic heterocycles. The number of hydrogen-bond acceptors (Lipinski definition) is 3. The van der Waals surface area contributed by atoms with Crippen molar-refractivity contribution in [3.63, 3.8) is 0 Å². The fraction of sp³-hybridized carbons (Fsp3) is 0.583. The highest BCUT2D eigenvalue weighted by Crippen LogP contribution is 2.14. The predicted molar refractivity (Wildman–Crippen MR) is 66.9 cm³/mol. The molecule has 2 rings (SSSR count). The third-order valence-corrected chi connectivity index (χ3v) is 3.73. The molecule has 16 heavy (non-hydrogen) atoms. The Morgan fingerprint density at radius 2 is 2.56 bits per heavy atom. The molecule has 4 heteroatoms. The van der Waals surface area contributed by atoms with Crippen LogP contribution in [0.4, 0.5) is 0 Å². The summed E-state index contributed by atoms with van der Waals surface area (Å²) in [5.74, 6) is 0.758. The van der Waals surface area contributed by atoms with Crippen molar-refractivity contribution < 1.29 is 4.79 Å². The van der Waals surface area contributed by atoms with Crippen LogP contribution in [0.2, 0.25) is 0 Å². The Morgan fingerprint density at radius 3 is 3.19 bits per heavy atom. The molecule has 88 valence electrons. The van der Waals surface area contributed by atoms with Gasteiger partial charge in [0.25, 0.3) is 5.91 Å². The van der Waals surface area contributed by atoms with Gasteiger partial charge in [-0.05, 0) is 43.3 Å². The zero-order chi connectivity index (χ0) is 11.4. The lowest BCUT2D eigenvalue weighted by Crippen LogP contribution is -2.39. The van der Waals surface area contributed by atoms with Crippen LogP contribution in [-0.2, 0) is 0 Å². The van der Waals surface area contributed by atoms with E-state index in [1.165, 1.54) is 12.8 Å². The van der Waals surface area contributed by atoms with Gasteiger partial charge in [-0.2, -0.15) is 11.3 Å². The van der Waals surface area contributed by atoms with Crippen LogP contribution in [0.25, 0.3) is 0 Å². The summed E-state index contributed by atoms with van der Waals surface area (Å²) in [6.45, 7) is 3.03. The number of thiophene rings is 1. The largest absolute Gasteiger partial charge is 0.341 e. The second-order valence-electron chi connectivity index (χ2n) is 4.41. The zero-order valence-corrected chi connectivity index (χ0v) is 10.4. The van der Waals surface area contributed by atoms with E-state index in [0.29, 0.717) is 5.92 Å². The van der Waals surface area contributed by atoms with Gasteiger partial charge in [-0.15, -0.1) is 0 Å². The first kappa shape index (κ1) is 11.6. The summed E-state index contributed by atoms with van der Waals surface area (Å²) in [4.78, 5) is 13.8. The third-order valence-electron chi connectivity index (χ3n) is 3.05. The smallest absolute Gasteiger partial charge is 0.254 e. The zero-order valence-electron chi connectivity index (χ0n) is 9.61. The van der Waals surface area contributed by atoms with E-state index in [1.807, 2.05) is 28.8 Å². The maximum Gasteiger partial charge on any atom is 0.254 e. The number of amides is 1. The first-order valence-corrected chi connectivity index (χ1v) is 6.70. The summed E-state index contributed by atoms with van der Waals surface area (Å²) < 4.78 is 0. The lowest BCUT2D eigenvalue weighted by Gasteiger charge is -2.27. The molecule has 1 N–H and O–H groups in total.